The average molecular weight is 396 g/mol. The van der Waals surface area contributed by atoms with Crippen molar-refractivity contribution < 1.29 is 19.1 Å². The highest BCUT2D eigenvalue weighted by Gasteiger charge is 2.08. The molecule has 3 aromatic rings. The summed E-state index contributed by atoms with van der Waals surface area (Å²) in [5.41, 5.74) is 3.02. The molecular weight excluding hydrogens is 376 g/mol. The number of nitrogens with one attached hydrogen (secondary N) is 1. The van der Waals surface area contributed by atoms with Crippen LogP contribution in [0.2, 0.25) is 0 Å². The van der Waals surface area contributed by atoms with Crippen LogP contribution in [0.3, 0.4) is 0 Å². The number of amides is 1. The molecule has 28 heavy (non-hydrogen) atoms. The zero-order chi connectivity index (χ0) is 19.9. The molecular formula is C21H20N2O4S. The average Bonchev–Trinajstić information content (AvgIpc) is 3.14. The van der Waals surface area contributed by atoms with E-state index in [-0.39, 0.29) is 18.5 Å². The second kappa shape index (κ2) is 9.14. The van der Waals surface area contributed by atoms with Gasteiger partial charge in [-0.15, -0.1) is 11.3 Å². The van der Waals surface area contributed by atoms with Crippen LogP contribution in [0.5, 0.6) is 5.75 Å². The van der Waals surface area contributed by atoms with Gasteiger partial charge >= 0.3 is 5.97 Å². The van der Waals surface area contributed by atoms with Crippen molar-refractivity contribution >= 4 is 28.9 Å². The minimum atomic E-state index is -0.389. The van der Waals surface area contributed by atoms with Crippen LogP contribution in [-0.4, -0.2) is 30.1 Å². The Kier molecular flexibility index (Phi) is 6.39. The highest BCUT2D eigenvalue weighted by atomic mass is 32.1. The van der Waals surface area contributed by atoms with Gasteiger partial charge in [0.2, 0.25) is 0 Å². The van der Waals surface area contributed by atoms with E-state index < -0.39 is 0 Å². The zero-order valence-electron chi connectivity index (χ0n) is 15.6. The van der Waals surface area contributed by atoms with Crippen LogP contribution in [0.1, 0.15) is 23.0 Å². The number of anilines is 1. The number of thiazole rings is 1. The van der Waals surface area contributed by atoms with Crippen LogP contribution in [0, 0.1) is 6.92 Å². The number of carbonyl (C=O) groups is 2. The number of ether oxygens (including phenoxy) is 2. The molecule has 0 bridgehead atoms. The Morgan fingerprint density at radius 3 is 2.39 bits per heavy atom. The van der Waals surface area contributed by atoms with Gasteiger partial charge in [0.05, 0.1) is 12.2 Å². The molecule has 0 radical (unpaired) electrons. The van der Waals surface area contributed by atoms with Gasteiger partial charge in [-0.1, -0.05) is 0 Å². The Hall–Kier alpha value is -3.19. The highest BCUT2D eigenvalue weighted by molar-refractivity contribution is 7.13. The number of aryl methyl sites for hydroxylation is 1. The summed E-state index contributed by atoms with van der Waals surface area (Å²) in [4.78, 5) is 28.1. The lowest BCUT2D eigenvalue weighted by molar-refractivity contribution is -0.118. The molecule has 0 saturated heterocycles. The van der Waals surface area contributed by atoms with E-state index in [9.17, 15) is 9.59 Å². The molecule has 0 aliphatic heterocycles. The minimum absolute atomic E-state index is 0.116. The van der Waals surface area contributed by atoms with E-state index in [2.05, 4.69) is 10.3 Å². The molecule has 1 heterocycles. The number of nitrogens with zero attached hydrogens (tertiary/aromatic N) is 1. The van der Waals surface area contributed by atoms with Gasteiger partial charge in [-0.25, -0.2) is 9.78 Å². The maximum atomic E-state index is 12.1. The topological polar surface area (TPSA) is 77.5 Å². The van der Waals surface area contributed by atoms with Crippen molar-refractivity contribution in [3.8, 4) is 16.3 Å². The van der Waals surface area contributed by atoms with Crippen LogP contribution < -0.4 is 10.1 Å². The summed E-state index contributed by atoms with van der Waals surface area (Å²) in [5, 5.41) is 5.68. The van der Waals surface area contributed by atoms with E-state index in [4.69, 9.17) is 9.47 Å². The minimum Gasteiger partial charge on any atom is -0.484 e. The molecule has 1 aromatic heterocycles. The number of rotatable bonds is 7. The predicted molar refractivity (Wildman–Crippen MR) is 109 cm³/mol. The number of hydrogen-bond acceptors (Lipinski definition) is 6. The molecule has 0 spiro atoms. The van der Waals surface area contributed by atoms with Crippen molar-refractivity contribution in [1.29, 1.82) is 0 Å². The first kappa shape index (κ1) is 19.6. The van der Waals surface area contributed by atoms with Crippen molar-refractivity contribution in [2.45, 2.75) is 13.8 Å². The van der Waals surface area contributed by atoms with E-state index >= 15 is 0 Å². The van der Waals surface area contributed by atoms with E-state index in [1.165, 1.54) is 0 Å². The van der Waals surface area contributed by atoms with Gasteiger partial charge in [-0.05, 0) is 62.4 Å². The van der Waals surface area contributed by atoms with Gasteiger partial charge in [-0.2, -0.15) is 0 Å². The highest BCUT2D eigenvalue weighted by Crippen LogP contribution is 2.25. The van der Waals surface area contributed by atoms with Crippen molar-refractivity contribution in [2.24, 2.45) is 0 Å². The molecule has 2 aromatic carbocycles. The molecule has 7 heteroatoms. The quantitative estimate of drug-likeness (QED) is 0.602. The Bertz CT molecular complexity index is 949. The summed E-state index contributed by atoms with van der Waals surface area (Å²) in [5.74, 6) is -0.0755. The first-order valence-electron chi connectivity index (χ1n) is 8.77. The van der Waals surface area contributed by atoms with Gasteiger partial charge in [0, 0.05) is 22.3 Å². The lowest BCUT2D eigenvalue weighted by Crippen LogP contribution is -2.20. The Morgan fingerprint density at radius 1 is 1.07 bits per heavy atom. The molecule has 0 saturated carbocycles. The summed E-state index contributed by atoms with van der Waals surface area (Å²) in [7, 11) is 0. The summed E-state index contributed by atoms with van der Waals surface area (Å²) < 4.78 is 10.5. The molecule has 6 nitrogen and oxygen atoms in total. The summed E-state index contributed by atoms with van der Waals surface area (Å²) in [6, 6.07) is 14.0. The maximum absolute atomic E-state index is 12.1. The number of hydrogen-bond donors (Lipinski definition) is 1. The van der Waals surface area contributed by atoms with Crippen LogP contribution in [-0.2, 0) is 9.53 Å². The third kappa shape index (κ3) is 5.17. The fourth-order valence-electron chi connectivity index (χ4n) is 2.43. The van der Waals surface area contributed by atoms with E-state index in [0.717, 1.165) is 16.3 Å². The SMILES string of the molecule is CCOC(=O)c1ccc(NC(=O)COc2ccc(-c3nc(C)cs3)cc2)cc1. The lowest BCUT2D eigenvalue weighted by atomic mass is 10.2. The standard InChI is InChI=1S/C21H20N2O4S/c1-3-26-21(25)16-4-8-17(9-5-16)23-19(24)12-27-18-10-6-15(7-11-18)20-22-14(2)13-28-20/h4-11,13H,3,12H2,1-2H3,(H,23,24). The van der Waals surface area contributed by atoms with Gasteiger partial charge in [0.15, 0.2) is 6.61 Å². The Balaban J connectivity index is 1.50. The molecule has 0 aliphatic rings. The number of benzene rings is 2. The van der Waals surface area contributed by atoms with E-state index in [1.807, 2.05) is 36.6 Å². The molecule has 1 amide bonds. The fourth-order valence-corrected chi connectivity index (χ4v) is 3.23. The van der Waals surface area contributed by atoms with Crippen LogP contribution in [0.15, 0.2) is 53.9 Å². The molecule has 0 fully saturated rings. The third-order valence-electron chi connectivity index (χ3n) is 3.77. The van der Waals surface area contributed by atoms with Crippen LogP contribution in [0.4, 0.5) is 5.69 Å². The summed E-state index contributed by atoms with van der Waals surface area (Å²) in [6.45, 7) is 3.91. The molecule has 0 unspecified atom stereocenters. The van der Waals surface area contributed by atoms with Gasteiger partial charge in [0.25, 0.3) is 5.91 Å². The van der Waals surface area contributed by atoms with Gasteiger partial charge in [0.1, 0.15) is 10.8 Å². The normalized spacial score (nSPS) is 10.4. The first-order valence-corrected chi connectivity index (χ1v) is 9.65. The van der Waals surface area contributed by atoms with Crippen LogP contribution in [0.25, 0.3) is 10.6 Å². The Labute approximate surface area is 167 Å². The first-order chi connectivity index (χ1) is 13.5. The van der Waals surface area contributed by atoms with Crippen molar-refractivity contribution in [2.75, 3.05) is 18.5 Å². The second-order valence-corrected chi connectivity index (χ2v) is 6.81. The monoisotopic (exact) mass is 396 g/mol. The smallest absolute Gasteiger partial charge is 0.338 e. The van der Waals surface area contributed by atoms with Crippen molar-refractivity contribution in [3.05, 3.63) is 65.2 Å². The Morgan fingerprint density at radius 2 is 1.79 bits per heavy atom. The number of carbonyl (C=O) groups excluding carboxylic acids is 2. The van der Waals surface area contributed by atoms with Gasteiger partial charge < -0.3 is 14.8 Å². The fraction of sp³-hybridized carbons (Fsp3) is 0.190. The molecule has 144 valence electrons. The van der Waals surface area contributed by atoms with Crippen LogP contribution >= 0.6 is 11.3 Å². The number of aromatic nitrogens is 1. The molecule has 3 rings (SSSR count). The van der Waals surface area contributed by atoms with Crippen molar-refractivity contribution in [1.82, 2.24) is 4.98 Å². The molecule has 0 atom stereocenters. The second-order valence-electron chi connectivity index (χ2n) is 5.95. The zero-order valence-corrected chi connectivity index (χ0v) is 16.4. The molecule has 1 N–H and O–H groups in total. The third-order valence-corrected chi connectivity index (χ3v) is 4.78. The maximum Gasteiger partial charge on any atom is 0.338 e. The van der Waals surface area contributed by atoms with E-state index in [1.54, 1.807) is 42.5 Å². The van der Waals surface area contributed by atoms with Gasteiger partial charge in [-0.3, -0.25) is 4.79 Å². The predicted octanol–water partition coefficient (Wildman–Crippen LogP) is 4.31. The number of esters is 1. The summed E-state index contributed by atoms with van der Waals surface area (Å²) in [6.07, 6.45) is 0. The van der Waals surface area contributed by atoms with Crippen molar-refractivity contribution in [3.63, 3.8) is 0 Å². The lowest BCUT2D eigenvalue weighted by Gasteiger charge is -2.08. The largest absolute Gasteiger partial charge is 0.484 e. The molecule has 0 aliphatic carbocycles. The summed E-state index contributed by atoms with van der Waals surface area (Å²) >= 11 is 1.59. The van der Waals surface area contributed by atoms with E-state index in [0.29, 0.717) is 23.6 Å².